The average molecular weight is 1570 g/mol. The molecule has 2 aromatic carbocycles. The molecule has 3 atom stereocenters. The molecule has 0 radical (unpaired) electrons. The van der Waals surface area contributed by atoms with Crippen molar-refractivity contribution in [1.29, 1.82) is 0 Å². The molecule has 2 aromatic rings. The minimum Gasteiger partial charge on any atom is -0.475 e. The summed E-state index contributed by atoms with van der Waals surface area (Å²) in [5, 5.41) is 51.8. The fraction of sp³-hybridized carbons (Fsp3) is 0.559. The number of piperazine rings is 1. The number of nitrogens with zero attached hydrogens (tertiary/aromatic N) is 6. The number of carboxylic acids is 5. The highest BCUT2D eigenvalue weighted by molar-refractivity contribution is 6.18. The van der Waals surface area contributed by atoms with E-state index in [9.17, 15) is 99.4 Å². The maximum atomic E-state index is 13.9. The largest absolute Gasteiger partial charge is 0.490 e. The van der Waals surface area contributed by atoms with Crippen molar-refractivity contribution in [3.05, 3.63) is 54.1 Å². The Balaban J connectivity index is 0.00000262. The SMILES string of the molecule is CC(=O)NC(=O)[C@H](CCCN=C(N)N)NC(=O)[C@H](C)NC(=O)CNC(=O)[C@H](CCCN=C(N)N)NCCN1CCN(CCCCC2CCN(CC(=O)N3c4ccccc4NC(=O)c4ccccc43)CC2)CC1.O=C(O)C(F)(F)F.O=C(O)C(F)(F)F.O=C(O)C(F)(F)F.O=C(O)C(F)(F)F.O=C(O)C(F)(F)F. The molecule has 0 spiro atoms. The number of hydrogen-bond acceptors (Lipinski definition) is 18. The Morgan fingerprint density at radius 1 is 0.542 bits per heavy atom. The first-order chi connectivity index (χ1) is 49.3. The summed E-state index contributed by atoms with van der Waals surface area (Å²) < 4.78 is 159. The minimum absolute atomic E-state index is 0.0418. The van der Waals surface area contributed by atoms with Gasteiger partial charge in [-0.05, 0) is 102 Å². The van der Waals surface area contributed by atoms with Crippen LogP contribution in [0.25, 0.3) is 0 Å². The lowest BCUT2D eigenvalue weighted by Crippen LogP contribution is -2.55. The number of carboxylic acid groups (broad SMARTS) is 5. The predicted octanol–water partition coefficient (Wildman–Crippen LogP) is 2.42. The Kier molecular flexibility index (Phi) is 42.0. The van der Waals surface area contributed by atoms with E-state index in [1.54, 1.807) is 11.0 Å². The van der Waals surface area contributed by atoms with Gasteiger partial charge in [-0.25, -0.2) is 24.0 Å². The lowest BCUT2D eigenvalue weighted by molar-refractivity contribution is -0.193. The number of aliphatic carboxylic acids is 5. The zero-order valence-electron chi connectivity index (χ0n) is 56.8. The van der Waals surface area contributed by atoms with Crippen molar-refractivity contribution in [3.63, 3.8) is 0 Å². The molecule has 0 saturated carbocycles. The molecule has 604 valence electrons. The summed E-state index contributed by atoms with van der Waals surface area (Å²) in [7, 11) is 0. The number of nitrogens with two attached hydrogens (primary N) is 4. The minimum atomic E-state index is -5.08. The molecule has 0 aliphatic carbocycles. The number of fused-ring (bicyclic) bond motifs is 2. The third kappa shape index (κ3) is 41.8. The van der Waals surface area contributed by atoms with E-state index in [2.05, 4.69) is 56.6 Å². The van der Waals surface area contributed by atoms with Crippen LogP contribution in [0.3, 0.4) is 0 Å². The van der Waals surface area contributed by atoms with Crippen LogP contribution in [0.15, 0.2) is 58.5 Å². The summed E-state index contributed by atoms with van der Waals surface area (Å²) in [6, 6.07) is 11.9. The second kappa shape index (κ2) is 46.5. The second-order valence-electron chi connectivity index (χ2n) is 22.6. The number of carbonyl (C=O) groups excluding carboxylic acids is 7. The van der Waals surface area contributed by atoms with Crippen LogP contribution in [-0.4, -0.2) is 257 Å². The van der Waals surface area contributed by atoms with E-state index < -0.39 is 115 Å². The number of hydrogen-bond donors (Lipinski definition) is 15. The van der Waals surface area contributed by atoms with Gasteiger partial charge in [-0.2, -0.15) is 65.9 Å². The Hall–Kier alpha value is -10.4. The second-order valence-corrected chi connectivity index (χ2v) is 22.6. The van der Waals surface area contributed by atoms with Gasteiger partial charge < -0.3 is 80.0 Å². The third-order valence-corrected chi connectivity index (χ3v) is 14.3. The first-order valence-corrected chi connectivity index (χ1v) is 31.3. The predicted molar refractivity (Wildman–Crippen MR) is 345 cm³/mol. The van der Waals surface area contributed by atoms with Crippen molar-refractivity contribution in [1.82, 2.24) is 41.3 Å². The van der Waals surface area contributed by atoms with Gasteiger partial charge >= 0.3 is 60.7 Å². The van der Waals surface area contributed by atoms with E-state index in [4.69, 9.17) is 72.4 Å². The fourth-order valence-electron chi connectivity index (χ4n) is 9.13. The molecule has 7 amide bonds. The van der Waals surface area contributed by atoms with Crippen LogP contribution in [-0.2, 0) is 52.7 Å². The molecule has 0 unspecified atom stereocenters. The van der Waals surface area contributed by atoms with E-state index in [-0.39, 0.29) is 43.2 Å². The van der Waals surface area contributed by atoms with Gasteiger partial charge in [0.05, 0.1) is 41.8 Å². The number of benzene rings is 2. The van der Waals surface area contributed by atoms with E-state index in [1.165, 1.54) is 20.3 Å². The molecule has 3 heterocycles. The van der Waals surface area contributed by atoms with Crippen molar-refractivity contribution in [2.24, 2.45) is 38.8 Å². The number of halogens is 15. The number of alkyl halides is 15. The van der Waals surface area contributed by atoms with E-state index in [0.29, 0.717) is 60.9 Å². The summed E-state index contributed by atoms with van der Waals surface area (Å²) in [5.41, 5.74) is 24.1. The molecule has 48 heteroatoms. The number of nitrogens with one attached hydrogen (secondary N) is 6. The highest BCUT2D eigenvalue weighted by atomic mass is 19.4. The van der Waals surface area contributed by atoms with E-state index >= 15 is 0 Å². The van der Waals surface area contributed by atoms with E-state index in [1.807, 2.05) is 42.5 Å². The molecule has 2 fully saturated rings. The summed E-state index contributed by atoms with van der Waals surface area (Å²) in [5.74, 6) is -16.6. The number of aliphatic imine (C=N–C) groups is 2. The maximum Gasteiger partial charge on any atom is 0.490 e. The number of likely N-dealkylation sites (tertiary alicyclic amines) is 1. The van der Waals surface area contributed by atoms with Crippen LogP contribution in [0.2, 0.25) is 0 Å². The first kappa shape index (κ1) is 96.6. The summed E-state index contributed by atoms with van der Waals surface area (Å²) in [6.07, 6.45) is -18.5. The van der Waals surface area contributed by atoms with Crippen molar-refractivity contribution in [3.8, 4) is 0 Å². The Morgan fingerprint density at radius 2 is 0.963 bits per heavy atom. The van der Waals surface area contributed by atoms with Gasteiger partial charge in [-0.3, -0.25) is 63.6 Å². The molecule has 33 nitrogen and oxygen atoms in total. The number of imide groups is 1. The summed E-state index contributed by atoms with van der Waals surface area (Å²) in [4.78, 5) is 151. The fourth-order valence-corrected chi connectivity index (χ4v) is 9.13. The number of carbonyl (C=O) groups is 12. The van der Waals surface area contributed by atoms with Crippen molar-refractivity contribution in [2.75, 3.05) is 95.3 Å². The first-order valence-electron chi connectivity index (χ1n) is 31.3. The van der Waals surface area contributed by atoms with Crippen molar-refractivity contribution < 1.29 is 149 Å². The summed E-state index contributed by atoms with van der Waals surface area (Å²) in [6.45, 7) is 10.8. The molecule has 3 aliphatic rings. The molecule has 0 bridgehead atoms. The van der Waals surface area contributed by atoms with Crippen LogP contribution >= 0.6 is 0 Å². The number of amides is 7. The maximum absolute atomic E-state index is 13.9. The van der Waals surface area contributed by atoms with Gasteiger partial charge in [0.2, 0.25) is 35.4 Å². The average Bonchev–Trinajstić information content (AvgIpc) is 1.66. The van der Waals surface area contributed by atoms with Gasteiger partial charge in [-0.15, -0.1) is 0 Å². The lowest BCUT2D eigenvalue weighted by atomic mass is 9.91. The Bertz CT molecular complexity index is 3180. The smallest absolute Gasteiger partial charge is 0.475 e. The van der Waals surface area contributed by atoms with Crippen LogP contribution in [0, 0.1) is 5.92 Å². The number of anilines is 3. The Labute approximate surface area is 598 Å². The zero-order chi connectivity index (χ0) is 82.4. The number of guanidine groups is 2. The lowest BCUT2D eigenvalue weighted by Gasteiger charge is -2.35. The molecular formula is C59H81F15N16O17. The van der Waals surface area contributed by atoms with Gasteiger partial charge in [0, 0.05) is 59.3 Å². The van der Waals surface area contributed by atoms with Gasteiger partial charge in [-0.1, -0.05) is 37.1 Å². The number of rotatable bonds is 26. The van der Waals surface area contributed by atoms with Crippen LogP contribution in [0.1, 0.15) is 82.0 Å². The van der Waals surface area contributed by atoms with Gasteiger partial charge in [0.1, 0.15) is 12.1 Å². The molecule has 3 aliphatic heterocycles. The Morgan fingerprint density at radius 3 is 1.40 bits per heavy atom. The van der Waals surface area contributed by atoms with Gasteiger partial charge in [0.15, 0.2) is 11.9 Å². The highest BCUT2D eigenvalue weighted by Gasteiger charge is 2.41. The van der Waals surface area contributed by atoms with Crippen LogP contribution in [0.4, 0.5) is 82.9 Å². The van der Waals surface area contributed by atoms with Crippen molar-refractivity contribution in [2.45, 2.75) is 121 Å². The molecule has 107 heavy (non-hydrogen) atoms. The number of piperidine rings is 1. The molecule has 5 rings (SSSR count). The third-order valence-electron chi connectivity index (χ3n) is 14.3. The van der Waals surface area contributed by atoms with Crippen molar-refractivity contribution >= 4 is 100 Å². The topological polar surface area (TPSA) is 520 Å². The quantitative estimate of drug-likeness (QED) is 0.0278. The molecule has 2 saturated heterocycles. The number of para-hydroxylation sites is 3. The van der Waals surface area contributed by atoms with Crippen LogP contribution in [0.5, 0.6) is 0 Å². The normalized spacial score (nSPS) is 14.9. The molecule has 0 aromatic heterocycles. The van der Waals surface area contributed by atoms with Gasteiger partial charge in [0.25, 0.3) is 5.91 Å². The highest BCUT2D eigenvalue weighted by Crippen LogP contribution is 2.38. The zero-order valence-corrected chi connectivity index (χ0v) is 56.8. The summed E-state index contributed by atoms with van der Waals surface area (Å²) >= 11 is 0. The monoisotopic (exact) mass is 1570 g/mol. The number of unbranched alkanes of at least 4 members (excludes halogenated alkanes) is 1. The molecule has 19 N–H and O–H groups in total. The van der Waals surface area contributed by atoms with E-state index in [0.717, 1.165) is 78.0 Å². The standard InChI is InChI=1S/C49H76N16O7.5C2HF3O2/c1-33(44(69)61-39(47(72)59-34(2)66)15-10-21-56-49(52)53)58-42(67)31-57-46(71)38(14-9-20-55-48(50)51)54-22-26-63-29-27-62(28-30-63)23-8-7-11-35-18-24-64(25-19-35)32-43(68)65-40-16-5-3-12-36(40)45(70)60-37-13-4-6-17-41(37)65;5*3-2(4,5)1(6)7/h3-6,12-13,16-17,33,35,38-39,54H,7-11,14-15,18-32H2,1-2H3,(H,57,71)(H,58,67)(H,60,70)(H,61,69)(H4,50,51,55)(H4,52,53,56)(H,59,66,72);5*(H,6,7)/t33-,38-,39-;;;;;/m0...../s1. The van der Waals surface area contributed by atoms with Crippen LogP contribution < -0.4 is 59.7 Å². The molecular weight excluding hydrogens is 1490 g/mol.